The Bertz CT molecular complexity index is 748. The molecular formula is C22H27NO2. The van der Waals surface area contributed by atoms with Gasteiger partial charge in [0.1, 0.15) is 0 Å². The molecule has 1 aliphatic heterocycles. The molecular weight excluding hydrogens is 310 g/mol. The minimum Gasteiger partial charge on any atom is -0.481 e. The largest absolute Gasteiger partial charge is 0.481 e. The van der Waals surface area contributed by atoms with Crippen molar-refractivity contribution in [1.82, 2.24) is 4.90 Å². The third-order valence-corrected chi connectivity index (χ3v) is 5.08. The summed E-state index contributed by atoms with van der Waals surface area (Å²) in [6.45, 7) is 7.91. The summed E-state index contributed by atoms with van der Waals surface area (Å²) in [6, 6.07) is 15.4. The summed E-state index contributed by atoms with van der Waals surface area (Å²) in [5.41, 5.74) is 6.24. The van der Waals surface area contributed by atoms with Crippen LogP contribution in [0.5, 0.6) is 0 Å². The van der Waals surface area contributed by atoms with Gasteiger partial charge >= 0.3 is 5.97 Å². The van der Waals surface area contributed by atoms with E-state index < -0.39 is 5.97 Å². The molecule has 3 nitrogen and oxygen atoms in total. The topological polar surface area (TPSA) is 40.5 Å². The van der Waals surface area contributed by atoms with E-state index in [0.29, 0.717) is 6.54 Å². The molecule has 1 saturated heterocycles. The lowest BCUT2D eigenvalue weighted by atomic mass is 9.89. The SMILES string of the molecule is Cc1cccc(C(c2cc(C)cc(C)c2)N2CCCC(C(=O)O)C2)c1. The monoisotopic (exact) mass is 337 g/mol. The molecule has 132 valence electrons. The quantitative estimate of drug-likeness (QED) is 0.893. The molecule has 0 radical (unpaired) electrons. The predicted molar refractivity (Wildman–Crippen MR) is 101 cm³/mol. The van der Waals surface area contributed by atoms with E-state index in [1.807, 2.05) is 0 Å². The van der Waals surface area contributed by atoms with Gasteiger partial charge in [-0.25, -0.2) is 0 Å². The van der Waals surface area contributed by atoms with Crippen LogP contribution in [0.3, 0.4) is 0 Å². The van der Waals surface area contributed by atoms with Crippen LogP contribution in [0.15, 0.2) is 42.5 Å². The Morgan fingerprint density at radius 3 is 2.36 bits per heavy atom. The van der Waals surface area contributed by atoms with Crippen LogP contribution in [0, 0.1) is 26.7 Å². The van der Waals surface area contributed by atoms with Gasteiger partial charge in [0.05, 0.1) is 12.0 Å². The van der Waals surface area contributed by atoms with Crippen LogP contribution in [-0.4, -0.2) is 29.1 Å². The number of hydrogen-bond donors (Lipinski definition) is 1. The molecule has 3 heteroatoms. The lowest BCUT2D eigenvalue weighted by Gasteiger charge is -2.38. The van der Waals surface area contributed by atoms with Crippen molar-refractivity contribution in [2.24, 2.45) is 5.92 Å². The summed E-state index contributed by atoms with van der Waals surface area (Å²) < 4.78 is 0. The predicted octanol–water partition coefficient (Wildman–Crippen LogP) is 4.50. The molecule has 3 rings (SSSR count). The van der Waals surface area contributed by atoms with Crippen molar-refractivity contribution >= 4 is 5.97 Å². The molecule has 0 spiro atoms. The average Bonchev–Trinajstić information content (AvgIpc) is 2.54. The van der Waals surface area contributed by atoms with Crippen LogP contribution in [-0.2, 0) is 4.79 Å². The first kappa shape index (κ1) is 17.7. The van der Waals surface area contributed by atoms with E-state index in [9.17, 15) is 9.90 Å². The number of rotatable bonds is 4. The molecule has 2 aromatic carbocycles. The minimum absolute atomic E-state index is 0.112. The van der Waals surface area contributed by atoms with Crippen molar-refractivity contribution in [1.29, 1.82) is 0 Å². The molecule has 1 fully saturated rings. The van der Waals surface area contributed by atoms with Gasteiger partial charge < -0.3 is 5.11 Å². The van der Waals surface area contributed by atoms with E-state index in [0.717, 1.165) is 19.4 Å². The fraction of sp³-hybridized carbons (Fsp3) is 0.409. The first-order valence-electron chi connectivity index (χ1n) is 9.05. The second-order valence-electron chi connectivity index (χ2n) is 7.41. The van der Waals surface area contributed by atoms with Gasteiger partial charge in [-0.15, -0.1) is 0 Å². The molecule has 25 heavy (non-hydrogen) atoms. The van der Waals surface area contributed by atoms with E-state index in [1.54, 1.807) is 0 Å². The number of likely N-dealkylation sites (tertiary alicyclic amines) is 1. The van der Waals surface area contributed by atoms with E-state index in [1.165, 1.54) is 27.8 Å². The summed E-state index contributed by atoms with van der Waals surface area (Å²) in [7, 11) is 0. The Morgan fingerprint density at radius 2 is 1.72 bits per heavy atom. The maximum Gasteiger partial charge on any atom is 0.307 e. The molecule has 0 aliphatic carbocycles. The van der Waals surface area contributed by atoms with E-state index >= 15 is 0 Å². The van der Waals surface area contributed by atoms with Crippen molar-refractivity contribution in [2.75, 3.05) is 13.1 Å². The molecule has 2 aromatic rings. The third kappa shape index (κ3) is 4.10. The van der Waals surface area contributed by atoms with Crippen molar-refractivity contribution in [3.05, 3.63) is 70.3 Å². The van der Waals surface area contributed by atoms with E-state index in [-0.39, 0.29) is 12.0 Å². The number of piperidine rings is 1. The number of carboxylic acids is 1. The molecule has 2 unspecified atom stereocenters. The van der Waals surface area contributed by atoms with Crippen molar-refractivity contribution in [2.45, 2.75) is 39.7 Å². The van der Waals surface area contributed by atoms with Crippen LogP contribution in [0.1, 0.15) is 46.7 Å². The van der Waals surface area contributed by atoms with Crippen LogP contribution in [0.2, 0.25) is 0 Å². The van der Waals surface area contributed by atoms with Gasteiger partial charge in [-0.3, -0.25) is 9.69 Å². The highest BCUT2D eigenvalue weighted by atomic mass is 16.4. The Morgan fingerprint density at radius 1 is 1.04 bits per heavy atom. The van der Waals surface area contributed by atoms with Gasteiger partial charge in [-0.05, 0) is 51.3 Å². The number of hydrogen-bond acceptors (Lipinski definition) is 2. The zero-order valence-corrected chi connectivity index (χ0v) is 15.3. The zero-order valence-electron chi connectivity index (χ0n) is 15.3. The van der Waals surface area contributed by atoms with Gasteiger partial charge in [0.25, 0.3) is 0 Å². The Kier molecular flexibility index (Phi) is 5.24. The number of aryl methyl sites for hydroxylation is 3. The number of carboxylic acid groups (broad SMARTS) is 1. The summed E-state index contributed by atoms with van der Waals surface area (Å²) in [5.74, 6) is -0.944. The van der Waals surface area contributed by atoms with Crippen molar-refractivity contribution in [3.8, 4) is 0 Å². The van der Waals surface area contributed by atoms with Crippen molar-refractivity contribution < 1.29 is 9.90 Å². The molecule has 0 amide bonds. The number of nitrogens with zero attached hydrogens (tertiary/aromatic N) is 1. The summed E-state index contributed by atoms with van der Waals surface area (Å²) in [4.78, 5) is 13.9. The lowest BCUT2D eigenvalue weighted by molar-refractivity contribution is -0.143. The summed E-state index contributed by atoms with van der Waals surface area (Å²) in [5, 5.41) is 9.48. The maximum atomic E-state index is 11.5. The molecule has 1 aliphatic rings. The molecule has 1 N–H and O–H groups in total. The van der Waals surface area contributed by atoms with Crippen LogP contribution in [0.4, 0.5) is 0 Å². The molecule has 2 atom stereocenters. The van der Waals surface area contributed by atoms with Crippen LogP contribution < -0.4 is 0 Å². The minimum atomic E-state index is -0.673. The highest BCUT2D eigenvalue weighted by Gasteiger charge is 2.31. The van der Waals surface area contributed by atoms with Gasteiger partial charge in [0.2, 0.25) is 0 Å². The fourth-order valence-corrected chi connectivity index (χ4v) is 4.06. The number of benzene rings is 2. The van der Waals surface area contributed by atoms with E-state index in [2.05, 4.69) is 68.1 Å². The average molecular weight is 337 g/mol. The first-order chi connectivity index (χ1) is 11.9. The molecule has 1 heterocycles. The van der Waals surface area contributed by atoms with Gasteiger partial charge in [0, 0.05) is 6.54 Å². The van der Waals surface area contributed by atoms with Crippen LogP contribution in [0.25, 0.3) is 0 Å². The Hall–Kier alpha value is -2.13. The lowest BCUT2D eigenvalue weighted by Crippen LogP contribution is -2.41. The molecule has 0 bridgehead atoms. The third-order valence-electron chi connectivity index (χ3n) is 5.08. The van der Waals surface area contributed by atoms with Gasteiger partial charge in [-0.2, -0.15) is 0 Å². The Labute approximate surface area is 150 Å². The molecule has 0 saturated carbocycles. The van der Waals surface area contributed by atoms with E-state index in [4.69, 9.17) is 0 Å². The smallest absolute Gasteiger partial charge is 0.307 e. The van der Waals surface area contributed by atoms with Crippen LogP contribution >= 0.6 is 0 Å². The zero-order chi connectivity index (χ0) is 18.0. The Balaban J connectivity index is 2.04. The first-order valence-corrected chi connectivity index (χ1v) is 9.05. The highest BCUT2D eigenvalue weighted by molar-refractivity contribution is 5.70. The van der Waals surface area contributed by atoms with Gasteiger partial charge in [0.15, 0.2) is 0 Å². The normalized spacial score (nSPS) is 19.6. The number of carbonyl (C=O) groups is 1. The summed E-state index contributed by atoms with van der Waals surface area (Å²) >= 11 is 0. The maximum absolute atomic E-state index is 11.5. The highest BCUT2D eigenvalue weighted by Crippen LogP contribution is 2.34. The van der Waals surface area contributed by atoms with Gasteiger partial charge in [-0.1, -0.05) is 59.2 Å². The molecule has 0 aromatic heterocycles. The second kappa shape index (κ2) is 7.40. The second-order valence-corrected chi connectivity index (χ2v) is 7.41. The standard InChI is InChI=1S/C22H27NO2/c1-15-6-4-7-18(11-15)21(20-12-16(2)10-17(3)13-20)23-9-5-8-19(14-23)22(24)25/h4,6-7,10-13,19,21H,5,8-9,14H2,1-3H3,(H,24,25). The number of aliphatic carboxylic acids is 1. The fourth-order valence-electron chi connectivity index (χ4n) is 4.06. The summed E-state index contributed by atoms with van der Waals surface area (Å²) in [6.07, 6.45) is 1.71. The van der Waals surface area contributed by atoms with Crippen molar-refractivity contribution in [3.63, 3.8) is 0 Å².